The van der Waals surface area contributed by atoms with Crippen molar-refractivity contribution in [3.05, 3.63) is 28.4 Å². The smallest absolute Gasteiger partial charge is 0.319 e. The third kappa shape index (κ3) is 4.92. The van der Waals surface area contributed by atoms with E-state index in [-0.39, 0.29) is 21.0 Å². The summed E-state index contributed by atoms with van der Waals surface area (Å²) in [4.78, 5) is 17.3. The zero-order valence-electron chi connectivity index (χ0n) is 20.5. The number of piperazine rings is 1. The third-order valence-corrected chi connectivity index (χ3v) is 9.45. The maximum absolute atomic E-state index is 13.5. The fourth-order valence-corrected chi connectivity index (χ4v) is 6.86. The molecule has 2 fully saturated rings. The summed E-state index contributed by atoms with van der Waals surface area (Å²) in [6.07, 6.45) is -0.704. The Balaban J connectivity index is 1.61. The lowest BCUT2D eigenvalue weighted by molar-refractivity contribution is 0.150. The minimum atomic E-state index is -4.16. The van der Waals surface area contributed by atoms with Gasteiger partial charge in [0.15, 0.2) is 10.0 Å². The number of nitrogens with zero attached hydrogens (tertiary/aromatic N) is 6. The number of fused-ring (bicyclic) bond motifs is 1. The lowest BCUT2D eigenvalue weighted by Gasteiger charge is -2.37. The van der Waals surface area contributed by atoms with Crippen molar-refractivity contribution in [2.24, 2.45) is 0 Å². The van der Waals surface area contributed by atoms with Crippen LogP contribution in [0.15, 0.2) is 23.2 Å². The number of amides is 2. The van der Waals surface area contributed by atoms with Crippen LogP contribution >= 0.6 is 22.9 Å². The van der Waals surface area contributed by atoms with Gasteiger partial charge in [-0.3, -0.25) is 0 Å². The molecular weight excluding hydrogens is 567 g/mol. The van der Waals surface area contributed by atoms with Crippen LogP contribution in [0.3, 0.4) is 0 Å². The molecule has 1 aliphatic carbocycles. The van der Waals surface area contributed by atoms with E-state index in [2.05, 4.69) is 14.9 Å². The van der Waals surface area contributed by atoms with E-state index in [0.29, 0.717) is 67.3 Å². The van der Waals surface area contributed by atoms with E-state index >= 15 is 0 Å². The Morgan fingerprint density at radius 3 is 2.45 bits per heavy atom. The molecule has 4 heterocycles. The van der Waals surface area contributed by atoms with Crippen molar-refractivity contribution in [2.75, 3.05) is 51.8 Å². The molecule has 2 aliphatic rings. The first-order chi connectivity index (χ1) is 17.9. The van der Waals surface area contributed by atoms with Crippen LogP contribution in [0.25, 0.3) is 16.2 Å². The topological polar surface area (TPSA) is 103 Å². The molecule has 0 radical (unpaired) electrons. The molecule has 3 aromatic heterocycles. The molecule has 1 saturated carbocycles. The monoisotopic (exact) mass is 591 g/mol. The lowest BCUT2D eigenvalue weighted by atomic mass is 10.2. The molecule has 0 bridgehead atoms. The first-order valence-corrected chi connectivity index (χ1v) is 14.4. The van der Waals surface area contributed by atoms with Crippen molar-refractivity contribution in [1.82, 2.24) is 29.1 Å². The van der Waals surface area contributed by atoms with Crippen LogP contribution in [0.1, 0.15) is 24.3 Å². The number of rotatable bonds is 7. The summed E-state index contributed by atoms with van der Waals surface area (Å²) in [5.74, 6) is 0. The molecule has 16 heteroatoms. The largest absolute Gasteiger partial charge is 0.366 e. The average molecular weight is 592 g/mol. The number of sulfonamides is 1. The number of aromatic nitrogens is 3. The lowest BCUT2D eigenvalue weighted by Crippen LogP contribution is -2.51. The second kappa shape index (κ2) is 9.84. The predicted octanol–water partition coefficient (Wildman–Crippen LogP) is 3.63. The number of hydrogen-bond donors (Lipinski definition) is 1. The number of carbonyl (C=O) groups is 1. The number of nitrogens with one attached hydrogen (secondary N) is 1. The van der Waals surface area contributed by atoms with Gasteiger partial charge in [-0.25, -0.2) is 31.1 Å². The van der Waals surface area contributed by atoms with Crippen LogP contribution < -0.4 is 9.62 Å². The van der Waals surface area contributed by atoms with Crippen molar-refractivity contribution in [2.45, 2.75) is 29.7 Å². The normalized spacial score (nSPS) is 17.4. The van der Waals surface area contributed by atoms with Gasteiger partial charge in [0.25, 0.3) is 6.43 Å². The summed E-state index contributed by atoms with van der Waals surface area (Å²) >= 11 is 7.30. The summed E-state index contributed by atoms with van der Waals surface area (Å²) in [5.41, 5.74) is 0.105. The molecular formula is C22H25ClF3N7O3S2. The first-order valence-electron chi connectivity index (χ1n) is 11.7. The first kappa shape index (κ1) is 27.0. The molecule has 10 nitrogen and oxygen atoms in total. The molecule has 38 heavy (non-hydrogen) atoms. The summed E-state index contributed by atoms with van der Waals surface area (Å²) in [7, 11) is -0.828. The molecule has 0 aromatic carbocycles. The molecule has 2 amide bonds. The SMILES string of the molecule is CN(C)C(=O)N1CCN(c2cc(S(=O)(=O)NC3(CF)CC3)cn3c(-c4nnc(C(F)F)s4)cc(Cl)c23)CC1. The summed E-state index contributed by atoms with van der Waals surface area (Å²) in [6, 6.07) is 2.86. The molecule has 1 aliphatic heterocycles. The fraction of sp³-hybridized carbons (Fsp3) is 0.500. The molecule has 1 saturated heterocycles. The van der Waals surface area contributed by atoms with Crippen molar-refractivity contribution in [3.63, 3.8) is 0 Å². The maximum atomic E-state index is 13.5. The van der Waals surface area contributed by atoms with E-state index in [9.17, 15) is 26.4 Å². The Labute approximate surface area is 226 Å². The highest BCUT2D eigenvalue weighted by Crippen LogP contribution is 2.41. The van der Waals surface area contributed by atoms with Gasteiger partial charge in [0.2, 0.25) is 10.0 Å². The van der Waals surface area contributed by atoms with E-state index in [1.165, 1.54) is 27.6 Å². The van der Waals surface area contributed by atoms with Crippen LogP contribution in [0.5, 0.6) is 0 Å². The second-order valence-corrected chi connectivity index (χ2v) is 12.7. The van der Waals surface area contributed by atoms with E-state index < -0.39 is 33.7 Å². The summed E-state index contributed by atoms with van der Waals surface area (Å²) < 4.78 is 70.6. The van der Waals surface area contributed by atoms with Crippen molar-refractivity contribution in [1.29, 1.82) is 0 Å². The van der Waals surface area contributed by atoms with Gasteiger partial charge in [-0.05, 0) is 25.0 Å². The van der Waals surface area contributed by atoms with Gasteiger partial charge in [0.05, 0.1) is 27.5 Å². The van der Waals surface area contributed by atoms with Crippen molar-refractivity contribution < 1.29 is 26.4 Å². The summed E-state index contributed by atoms with van der Waals surface area (Å²) in [5, 5.41) is 7.32. The second-order valence-electron chi connectivity index (χ2n) is 9.57. The number of alkyl halides is 3. The Hall–Kier alpha value is -2.62. The quantitative estimate of drug-likeness (QED) is 0.450. The van der Waals surface area contributed by atoms with Gasteiger partial charge in [0, 0.05) is 46.5 Å². The molecule has 206 valence electrons. The average Bonchev–Trinajstić information content (AvgIpc) is 3.31. The zero-order valence-corrected chi connectivity index (χ0v) is 22.9. The van der Waals surface area contributed by atoms with Crippen LogP contribution in [0, 0.1) is 0 Å². The molecule has 3 aromatic rings. The Morgan fingerprint density at radius 2 is 1.89 bits per heavy atom. The number of hydrogen-bond acceptors (Lipinski definition) is 7. The third-order valence-electron chi connectivity index (χ3n) is 6.66. The molecule has 0 spiro atoms. The standard InChI is InChI=1S/C22H25ClF3N7O3S2/c1-30(2)21(34)32-7-5-31(6-8-32)15-9-13(38(35,36)29-22(12-24)3-4-22)11-33-16(10-14(23)17(15)33)19-27-28-20(37-19)18(25)26/h9-11,18,29H,3-8,12H2,1-2H3. The Bertz CT molecular complexity index is 1480. The van der Waals surface area contributed by atoms with E-state index in [4.69, 9.17) is 11.6 Å². The van der Waals surface area contributed by atoms with Crippen molar-refractivity contribution >= 4 is 50.2 Å². The molecule has 0 atom stereocenters. The highest BCUT2D eigenvalue weighted by molar-refractivity contribution is 7.89. The number of anilines is 1. The molecule has 5 rings (SSSR count). The number of urea groups is 1. The Kier molecular flexibility index (Phi) is 6.99. The van der Waals surface area contributed by atoms with Gasteiger partial charge in [0.1, 0.15) is 11.6 Å². The molecule has 0 unspecified atom stereocenters. The van der Waals surface area contributed by atoms with Crippen molar-refractivity contribution in [3.8, 4) is 10.7 Å². The van der Waals surface area contributed by atoms with E-state index in [1.54, 1.807) is 19.0 Å². The molecule has 1 N–H and O–H groups in total. The number of halogens is 4. The predicted molar refractivity (Wildman–Crippen MR) is 137 cm³/mol. The highest BCUT2D eigenvalue weighted by Gasteiger charge is 2.46. The van der Waals surface area contributed by atoms with Gasteiger partial charge in [-0.15, -0.1) is 10.2 Å². The van der Waals surface area contributed by atoms with Gasteiger partial charge < -0.3 is 19.1 Å². The summed E-state index contributed by atoms with van der Waals surface area (Å²) in [6.45, 7) is 0.744. The zero-order chi connectivity index (χ0) is 27.4. The maximum Gasteiger partial charge on any atom is 0.319 e. The Morgan fingerprint density at radius 1 is 1.21 bits per heavy atom. The number of carbonyl (C=O) groups excluding carboxylic acids is 1. The number of pyridine rings is 1. The highest BCUT2D eigenvalue weighted by atomic mass is 35.5. The minimum absolute atomic E-state index is 0.134. The van der Waals surface area contributed by atoms with E-state index in [1.807, 2.05) is 4.90 Å². The van der Waals surface area contributed by atoms with Crippen LogP contribution in [0.2, 0.25) is 5.02 Å². The van der Waals surface area contributed by atoms with Gasteiger partial charge >= 0.3 is 6.03 Å². The van der Waals surface area contributed by atoms with Gasteiger partial charge in [-0.1, -0.05) is 22.9 Å². The fourth-order valence-electron chi connectivity index (χ4n) is 4.40. The minimum Gasteiger partial charge on any atom is -0.366 e. The van der Waals surface area contributed by atoms with Gasteiger partial charge in [-0.2, -0.15) is 0 Å². The van der Waals surface area contributed by atoms with Crippen LogP contribution in [-0.2, 0) is 10.0 Å². The van der Waals surface area contributed by atoms with Crippen LogP contribution in [0.4, 0.5) is 23.7 Å². The van der Waals surface area contributed by atoms with E-state index in [0.717, 1.165) is 0 Å². The van der Waals surface area contributed by atoms with Crippen LogP contribution in [-0.4, -0.2) is 91.3 Å².